The van der Waals surface area contributed by atoms with E-state index in [-0.39, 0.29) is 23.5 Å². The fraction of sp³-hybridized carbons (Fsp3) is 0.364. The Morgan fingerprint density at radius 2 is 2.17 bits per heavy atom. The molecule has 0 saturated carbocycles. The fourth-order valence-electron chi connectivity index (χ4n) is 1.74. The number of likely N-dealkylation sites (N-methyl/N-ethyl adjacent to an activating group) is 1. The second-order valence-corrected chi connectivity index (χ2v) is 3.97. The lowest BCUT2D eigenvalue weighted by Crippen LogP contribution is -2.29. The number of carboxylic acids is 1. The third kappa shape index (κ3) is 2.95. The zero-order chi connectivity index (χ0) is 13.9. The molecule has 0 aromatic heterocycles. The molecule has 0 saturated heterocycles. The molecule has 0 radical (unpaired) electrons. The number of para-hydroxylation sites is 1. The largest absolute Gasteiger partial charge is 0.478 e. The number of nitro benzene ring substituents is 1. The molecule has 1 atom stereocenters. The smallest absolute Gasteiger partial charge is 0.338 e. The first kappa shape index (κ1) is 13.9. The summed E-state index contributed by atoms with van der Waals surface area (Å²) < 4.78 is 0. The molecule has 2 N–H and O–H groups in total. The van der Waals surface area contributed by atoms with Crippen molar-refractivity contribution in [1.82, 2.24) is 0 Å². The molecule has 0 fully saturated rings. The maximum absolute atomic E-state index is 11.1. The van der Waals surface area contributed by atoms with Crippen molar-refractivity contribution in [2.24, 2.45) is 0 Å². The Morgan fingerprint density at radius 1 is 1.56 bits per heavy atom. The van der Waals surface area contributed by atoms with Gasteiger partial charge in [0, 0.05) is 19.7 Å². The molecule has 0 bridgehead atoms. The van der Waals surface area contributed by atoms with E-state index >= 15 is 0 Å². The Kier molecular flexibility index (Phi) is 4.22. The number of aliphatic hydroxyl groups excluding tert-OH is 1. The first-order chi connectivity index (χ1) is 8.34. The predicted octanol–water partition coefficient (Wildman–Crippen LogP) is 1.11. The van der Waals surface area contributed by atoms with Gasteiger partial charge in [0.1, 0.15) is 5.69 Å². The molecular weight excluding hydrogens is 240 g/mol. The Balaban J connectivity index is 3.35. The first-order valence-electron chi connectivity index (χ1n) is 5.24. The lowest BCUT2D eigenvalue weighted by Gasteiger charge is -2.22. The Labute approximate surface area is 103 Å². The van der Waals surface area contributed by atoms with Gasteiger partial charge in [-0.05, 0) is 13.0 Å². The zero-order valence-corrected chi connectivity index (χ0v) is 10.0. The lowest BCUT2D eigenvalue weighted by atomic mass is 10.1. The number of hydrogen-bond acceptors (Lipinski definition) is 5. The van der Waals surface area contributed by atoms with Gasteiger partial charge in [0.15, 0.2) is 0 Å². The van der Waals surface area contributed by atoms with Crippen molar-refractivity contribution < 1.29 is 19.9 Å². The van der Waals surface area contributed by atoms with Gasteiger partial charge in [-0.25, -0.2) is 4.79 Å². The maximum Gasteiger partial charge on any atom is 0.338 e. The summed E-state index contributed by atoms with van der Waals surface area (Å²) in [7, 11) is 1.50. The number of hydrogen-bond donors (Lipinski definition) is 2. The van der Waals surface area contributed by atoms with Crippen LogP contribution in [0.1, 0.15) is 17.3 Å². The van der Waals surface area contributed by atoms with Gasteiger partial charge in [-0.1, -0.05) is 6.07 Å². The van der Waals surface area contributed by atoms with Crippen molar-refractivity contribution in [3.05, 3.63) is 33.9 Å². The number of nitro groups is 1. The van der Waals surface area contributed by atoms with Crippen molar-refractivity contribution in [3.8, 4) is 0 Å². The quantitative estimate of drug-likeness (QED) is 0.602. The molecule has 7 nitrogen and oxygen atoms in total. The van der Waals surface area contributed by atoms with E-state index < -0.39 is 17.0 Å². The second-order valence-electron chi connectivity index (χ2n) is 3.97. The van der Waals surface area contributed by atoms with Crippen LogP contribution in [-0.4, -0.2) is 40.8 Å². The van der Waals surface area contributed by atoms with Crippen molar-refractivity contribution in [2.75, 3.05) is 18.5 Å². The molecule has 1 aromatic carbocycles. The minimum Gasteiger partial charge on any atom is -0.478 e. The number of aliphatic hydroxyl groups is 1. The highest BCUT2D eigenvalue weighted by Crippen LogP contribution is 2.31. The van der Waals surface area contributed by atoms with Crippen molar-refractivity contribution in [3.63, 3.8) is 0 Å². The highest BCUT2D eigenvalue weighted by Gasteiger charge is 2.24. The summed E-state index contributed by atoms with van der Waals surface area (Å²) in [5.41, 5.74) is -0.457. The normalized spacial score (nSPS) is 11.9. The predicted molar refractivity (Wildman–Crippen MR) is 65.0 cm³/mol. The number of rotatable bonds is 5. The van der Waals surface area contributed by atoms with Gasteiger partial charge in [-0.2, -0.15) is 0 Å². The number of aromatic carboxylic acids is 1. The van der Waals surface area contributed by atoms with Crippen LogP contribution in [0.5, 0.6) is 0 Å². The average molecular weight is 254 g/mol. The van der Waals surface area contributed by atoms with Gasteiger partial charge < -0.3 is 15.1 Å². The molecular formula is C11H14N2O5. The summed E-state index contributed by atoms with van der Waals surface area (Å²) in [5, 5.41) is 29.2. The molecule has 0 aliphatic rings. The van der Waals surface area contributed by atoms with Crippen LogP contribution in [0.25, 0.3) is 0 Å². The van der Waals surface area contributed by atoms with E-state index in [9.17, 15) is 20.0 Å². The van der Waals surface area contributed by atoms with Crippen LogP contribution in [0.4, 0.5) is 11.4 Å². The summed E-state index contributed by atoms with van der Waals surface area (Å²) in [5.74, 6) is -1.24. The van der Waals surface area contributed by atoms with Gasteiger partial charge in [0.25, 0.3) is 5.69 Å². The van der Waals surface area contributed by atoms with Crippen molar-refractivity contribution >= 4 is 17.3 Å². The van der Waals surface area contributed by atoms with E-state index in [0.717, 1.165) is 0 Å². The maximum atomic E-state index is 11.1. The SMILES string of the molecule is CC(O)CN(C)c1c(C(=O)O)cccc1[N+](=O)[O-]. The van der Waals surface area contributed by atoms with Gasteiger partial charge in [-0.15, -0.1) is 0 Å². The molecule has 0 amide bonds. The third-order valence-electron chi connectivity index (χ3n) is 2.36. The molecule has 1 unspecified atom stereocenters. The number of benzene rings is 1. The van der Waals surface area contributed by atoms with Crippen molar-refractivity contribution in [2.45, 2.75) is 13.0 Å². The van der Waals surface area contributed by atoms with Crippen LogP contribution < -0.4 is 4.90 Å². The van der Waals surface area contributed by atoms with Crippen LogP contribution in [0.15, 0.2) is 18.2 Å². The molecule has 7 heteroatoms. The molecule has 0 aliphatic carbocycles. The minimum absolute atomic E-state index is 0.00380. The van der Waals surface area contributed by atoms with Crippen molar-refractivity contribution in [1.29, 1.82) is 0 Å². The van der Waals surface area contributed by atoms with Gasteiger partial charge in [-0.3, -0.25) is 10.1 Å². The molecule has 0 heterocycles. The minimum atomic E-state index is -1.24. The summed E-state index contributed by atoms with van der Waals surface area (Å²) in [6.45, 7) is 1.62. The van der Waals surface area contributed by atoms with E-state index in [1.54, 1.807) is 0 Å². The van der Waals surface area contributed by atoms with Crippen LogP contribution in [-0.2, 0) is 0 Å². The summed E-state index contributed by atoms with van der Waals surface area (Å²) in [6, 6.07) is 3.85. The molecule has 0 aliphatic heterocycles. The van der Waals surface area contributed by atoms with Gasteiger partial charge >= 0.3 is 5.97 Å². The van der Waals surface area contributed by atoms with E-state index in [0.29, 0.717) is 0 Å². The van der Waals surface area contributed by atoms with E-state index in [1.807, 2.05) is 0 Å². The molecule has 18 heavy (non-hydrogen) atoms. The summed E-state index contributed by atoms with van der Waals surface area (Å²) in [6.07, 6.45) is -0.726. The fourth-order valence-corrected chi connectivity index (χ4v) is 1.74. The first-order valence-corrected chi connectivity index (χ1v) is 5.24. The number of anilines is 1. The number of nitrogens with zero attached hydrogens (tertiary/aromatic N) is 2. The molecule has 1 rings (SSSR count). The summed E-state index contributed by atoms with van der Waals surface area (Å²) >= 11 is 0. The van der Waals surface area contributed by atoms with Crippen LogP contribution >= 0.6 is 0 Å². The number of carbonyl (C=O) groups is 1. The van der Waals surface area contributed by atoms with Crippen LogP contribution in [0.3, 0.4) is 0 Å². The van der Waals surface area contributed by atoms with E-state index in [4.69, 9.17) is 5.11 Å². The van der Waals surface area contributed by atoms with E-state index in [2.05, 4.69) is 0 Å². The second kappa shape index (κ2) is 5.46. The average Bonchev–Trinajstić information content (AvgIpc) is 2.26. The highest BCUT2D eigenvalue weighted by atomic mass is 16.6. The zero-order valence-electron chi connectivity index (χ0n) is 10.0. The monoisotopic (exact) mass is 254 g/mol. The molecule has 1 aromatic rings. The number of carboxylic acid groups (broad SMARTS) is 1. The Morgan fingerprint density at radius 3 is 2.61 bits per heavy atom. The molecule has 98 valence electrons. The van der Waals surface area contributed by atoms with Gasteiger partial charge in [0.2, 0.25) is 0 Å². The standard InChI is InChI=1S/C11H14N2O5/c1-7(14)6-12(2)10-8(11(15)16)4-3-5-9(10)13(17)18/h3-5,7,14H,6H2,1-2H3,(H,15,16). The summed E-state index contributed by atoms with van der Waals surface area (Å²) in [4.78, 5) is 22.7. The van der Waals surface area contributed by atoms with E-state index in [1.165, 1.54) is 37.1 Å². The topological polar surface area (TPSA) is 104 Å². The lowest BCUT2D eigenvalue weighted by molar-refractivity contribution is -0.384. The van der Waals surface area contributed by atoms with Crippen LogP contribution in [0, 0.1) is 10.1 Å². The highest BCUT2D eigenvalue weighted by molar-refractivity contribution is 5.97. The van der Waals surface area contributed by atoms with Crippen LogP contribution in [0.2, 0.25) is 0 Å². The third-order valence-corrected chi connectivity index (χ3v) is 2.36. The van der Waals surface area contributed by atoms with Gasteiger partial charge in [0.05, 0.1) is 16.6 Å². The molecule has 0 spiro atoms. The Bertz CT molecular complexity index is 440. The Hall–Kier alpha value is -2.15.